The van der Waals surface area contributed by atoms with Crippen LogP contribution in [0.1, 0.15) is 18.1 Å². The van der Waals surface area contributed by atoms with Gasteiger partial charge in [-0.3, -0.25) is 0 Å². The van der Waals surface area contributed by atoms with E-state index in [9.17, 15) is 10.2 Å². The number of phenols is 1. The van der Waals surface area contributed by atoms with Crippen LogP contribution in [0, 0.1) is 0 Å². The second kappa shape index (κ2) is 7.88. The Hall–Kier alpha value is -3.38. The SMILES string of the molecule is Nc1ccc(OC(CCO)c2c(N)ccc(O)c2-c2ccccc2)c(N)c1. The first-order valence-electron chi connectivity index (χ1n) is 8.60. The predicted molar refractivity (Wildman–Crippen MR) is 108 cm³/mol. The molecule has 0 saturated carbocycles. The molecule has 140 valence electrons. The van der Waals surface area contributed by atoms with Gasteiger partial charge in [0.05, 0.1) is 5.69 Å². The number of hydrogen-bond donors (Lipinski definition) is 5. The monoisotopic (exact) mass is 365 g/mol. The van der Waals surface area contributed by atoms with Gasteiger partial charge in [-0.1, -0.05) is 30.3 Å². The van der Waals surface area contributed by atoms with Crippen molar-refractivity contribution in [1.29, 1.82) is 0 Å². The van der Waals surface area contributed by atoms with Crippen molar-refractivity contribution < 1.29 is 14.9 Å². The van der Waals surface area contributed by atoms with Crippen molar-refractivity contribution in [3.63, 3.8) is 0 Å². The van der Waals surface area contributed by atoms with E-state index in [1.807, 2.05) is 30.3 Å². The number of aliphatic hydroxyl groups excluding tert-OH is 1. The average Bonchev–Trinajstić information content (AvgIpc) is 2.66. The largest absolute Gasteiger partial charge is 0.507 e. The van der Waals surface area contributed by atoms with E-state index in [2.05, 4.69) is 0 Å². The van der Waals surface area contributed by atoms with Crippen LogP contribution < -0.4 is 21.9 Å². The van der Waals surface area contributed by atoms with Gasteiger partial charge < -0.3 is 32.2 Å². The number of phenolic OH excluding ortho intramolecular Hbond substituents is 1. The Labute approximate surface area is 157 Å². The predicted octanol–water partition coefficient (Wildman–Crippen LogP) is 3.31. The van der Waals surface area contributed by atoms with Crippen LogP contribution in [0.4, 0.5) is 17.1 Å². The number of aromatic hydroxyl groups is 1. The first kappa shape index (κ1) is 18.4. The summed E-state index contributed by atoms with van der Waals surface area (Å²) in [5, 5.41) is 20.1. The van der Waals surface area contributed by atoms with Gasteiger partial charge in [0.2, 0.25) is 0 Å². The zero-order chi connectivity index (χ0) is 19.4. The van der Waals surface area contributed by atoms with Gasteiger partial charge in [0.15, 0.2) is 0 Å². The fourth-order valence-electron chi connectivity index (χ4n) is 3.09. The molecule has 0 spiro atoms. The molecule has 0 aliphatic rings. The zero-order valence-corrected chi connectivity index (χ0v) is 14.8. The fraction of sp³-hybridized carbons (Fsp3) is 0.143. The zero-order valence-electron chi connectivity index (χ0n) is 14.8. The highest BCUT2D eigenvalue weighted by Crippen LogP contribution is 2.42. The van der Waals surface area contributed by atoms with Crippen molar-refractivity contribution in [2.75, 3.05) is 23.8 Å². The maximum absolute atomic E-state index is 10.5. The number of nitrogen functional groups attached to an aromatic ring is 3. The number of ether oxygens (including phenoxy) is 1. The lowest BCUT2D eigenvalue weighted by Gasteiger charge is -2.24. The van der Waals surface area contributed by atoms with Crippen molar-refractivity contribution in [1.82, 2.24) is 0 Å². The van der Waals surface area contributed by atoms with Crippen LogP contribution in [-0.2, 0) is 0 Å². The molecule has 0 radical (unpaired) electrons. The summed E-state index contributed by atoms with van der Waals surface area (Å²) >= 11 is 0. The Morgan fingerprint density at radius 2 is 1.63 bits per heavy atom. The van der Waals surface area contributed by atoms with E-state index < -0.39 is 6.10 Å². The molecule has 0 bridgehead atoms. The van der Waals surface area contributed by atoms with Gasteiger partial charge >= 0.3 is 0 Å². The van der Waals surface area contributed by atoms with Crippen LogP contribution in [-0.4, -0.2) is 16.8 Å². The number of aliphatic hydroxyl groups is 1. The standard InChI is InChI=1S/C21H23N3O3/c22-14-6-9-18(16(24)12-14)27-19(10-11-25)21-15(23)7-8-17(26)20(21)13-4-2-1-3-5-13/h1-9,12,19,25-26H,10-11,22-24H2. The second-order valence-electron chi connectivity index (χ2n) is 6.24. The van der Waals surface area contributed by atoms with Gasteiger partial charge in [-0.15, -0.1) is 0 Å². The Bertz CT molecular complexity index is 929. The second-order valence-corrected chi connectivity index (χ2v) is 6.24. The van der Waals surface area contributed by atoms with Crippen molar-refractivity contribution in [3.05, 3.63) is 66.2 Å². The van der Waals surface area contributed by atoms with Crippen LogP contribution in [0.2, 0.25) is 0 Å². The lowest BCUT2D eigenvalue weighted by molar-refractivity contribution is 0.157. The summed E-state index contributed by atoms with van der Waals surface area (Å²) in [6.07, 6.45) is -0.333. The average molecular weight is 365 g/mol. The van der Waals surface area contributed by atoms with Gasteiger partial charge in [-0.25, -0.2) is 0 Å². The maximum Gasteiger partial charge on any atom is 0.143 e. The van der Waals surface area contributed by atoms with Crippen LogP contribution in [0.5, 0.6) is 11.5 Å². The van der Waals surface area contributed by atoms with E-state index in [0.717, 1.165) is 5.56 Å². The molecule has 1 atom stereocenters. The first-order valence-corrected chi connectivity index (χ1v) is 8.60. The highest BCUT2D eigenvalue weighted by molar-refractivity contribution is 5.79. The van der Waals surface area contributed by atoms with Gasteiger partial charge in [-0.05, 0) is 35.9 Å². The van der Waals surface area contributed by atoms with Crippen LogP contribution in [0.25, 0.3) is 11.1 Å². The highest BCUT2D eigenvalue weighted by atomic mass is 16.5. The van der Waals surface area contributed by atoms with Crippen molar-refractivity contribution in [2.24, 2.45) is 0 Å². The minimum absolute atomic E-state index is 0.0854. The molecule has 0 saturated heterocycles. The van der Waals surface area contributed by atoms with Gasteiger partial charge in [-0.2, -0.15) is 0 Å². The van der Waals surface area contributed by atoms with E-state index in [-0.39, 0.29) is 18.8 Å². The molecular formula is C21H23N3O3. The molecular weight excluding hydrogens is 342 g/mol. The lowest BCUT2D eigenvalue weighted by Crippen LogP contribution is -2.14. The molecule has 27 heavy (non-hydrogen) atoms. The molecule has 6 nitrogen and oxygen atoms in total. The van der Waals surface area contributed by atoms with Crippen LogP contribution in [0.3, 0.4) is 0 Å². The number of rotatable bonds is 6. The summed E-state index contributed by atoms with van der Waals surface area (Å²) < 4.78 is 6.09. The number of nitrogens with two attached hydrogens (primary N) is 3. The number of benzene rings is 3. The number of hydrogen-bond acceptors (Lipinski definition) is 6. The lowest BCUT2D eigenvalue weighted by atomic mass is 9.92. The summed E-state index contributed by atoms with van der Waals surface area (Å²) in [5.41, 5.74) is 21.4. The number of anilines is 3. The molecule has 3 aromatic rings. The highest BCUT2D eigenvalue weighted by Gasteiger charge is 2.24. The normalized spacial score (nSPS) is 11.9. The van der Waals surface area contributed by atoms with Gasteiger partial charge in [0.25, 0.3) is 0 Å². The summed E-state index contributed by atoms with van der Waals surface area (Å²) in [6.45, 7) is -0.122. The molecule has 0 aromatic heterocycles. The van der Waals surface area contributed by atoms with Crippen molar-refractivity contribution in [2.45, 2.75) is 12.5 Å². The molecule has 8 N–H and O–H groups in total. The summed E-state index contributed by atoms with van der Waals surface area (Å²) in [5.74, 6) is 0.520. The van der Waals surface area contributed by atoms with Crippen molar-refractivity contribution in [3.8, 4) is 22.6 Å². The van der Waals surface area contributed by atoms with E-state index in [4.69, 9.17) is 21.9 Å². The van der Waals surface area contributed by atoms with Gasteiger partial charge in [0, 0.05) is 35.5 Å². The van der Waals surface area contributed by atoms with E-state index in [1.54, 1.807) is 30.3 Å². The first-order chi connectivity index (χ1) is 13.0. The van der Waals surface area contributed by atoms with E-state index >= 15 is 0 Å². The topological polar surface area (TPSA) is 128 Å². The third-order valence-electron chi connectivity index (χ3n) is 4.34. The molecule has 0 aliphatic carbocycles. The van der Waals surface area contributed by atoms with Crippen LogP contribution >= 0.6 is 0 Å². The molecule has 3 rings (SSSR count). The molecule has 0 heterocycles. The smallest absolute Gasteiger partial charge is 0.143 e. The molecule has 0 fully saturated rings. The van der Waals surface area contributed by atoms with E-state index in [0.29, 0.717) is 33.9 Å². The molecule has 6 heteroatoms. The third-order valence-corrected chi connectivity index (χ3v) is 4.34. The Morgan fingerprint density at radius 1 is 0.889 bits per heavy atom. The van der Waals surface area contributed by atoms with Gasteiger partial charge in [0.1, 0.15) is 17.6 Å². The Balaban J connectivity index is 2.11. The minimum atomic E-state index is -0.608. The third kappa shape index (κ3) is 3.91. The summed E-state index contributed by atoms with van der Waals surface area (Å²) in [4.78, 5) is 0. The summed E-state index contributed by atoms with van der Waals surface area (Å²) in [7, 11) is 0. The van der Waals surface area contributed by atoms with Crippen LogP contribution in [0.15, 0.2) is 60.7 Å². The molecule has 3 aromatic carbocycles. The maximum atomic E-state index is 10.5. The molecule has 0 aliphatic heterocycles. The minimum Gasteiger partial charge on any atom is -0.507 e. The fourth-order valence-corrected chi connectivity index (χ4v) is 3.09. The Kier molecular flexibility index (Phi) is 5.38. The molecule has 1 unspecified atom stereocenters. The molecule has 0 amide bonds. The van der Waals surface area contributed by atoms with E-state index in [1.165, 1.54) is 0 Å². The Morgan fingerprint density at radius 3 is 2.30 bits per heavy atom. The summed E-state index contributed by atoms with van der Waals surface area (Å²) in [6, 6.07) is 17.5. The van der Waals surface area contributed by atoms with Crippen molar-refractivity contribution >= 4 is 17.1 Å². The quantitative estimate of drug-likeness (QED) is 0.337.